The number of hydrogen-bond acceptors (Lipinski definition) is 2. The number of nitrogens with one attached hydrogen (secondary N) is 1. The van der Waals surface area contributed by atoms with Gasteiger partial charge in [0, 0.05) is 11.9 Å². The molecule has 0 amide bonds. The van der Waals surface area contributed by atoms with E-state index in [1.54, 1.807) is 6.20 Å². The fourth-order valence-corrected chi connectivity index (χ4v) is 1.57. The first-order valence-electron chi connectivity index (χ1n) is 5.20. The van der Waals surface area contributed by atoms with Gasteiger partial charge in [-0.1, -0.05) is 13.8 Å². The van der Waals surface area contributed by atoms with Crippen molar-refractivity contribution in [3.63, 3.8) is 0 Å². The molecular formula is C12H14N2O. The molecule has 0 aliphatic carbocycles. The number of fused-ring (bicyclic) bond motifs is 1. The zero-order valence-electron chi connectivity index (χ0n) is 8.95. The predicted octanol–water partition coefficient (Wildman–Crippen LogP) is 2.44. The highest BCUT2D eigenvalue weighted by atomic mass is 16.1. The summed E-state index contributed by atoms with van der Waals surface area (Å²) in [7, 11) is 0. The largest absolute Gasteiger partial charge is 0.328 e. The minimum atomic E-state index is -0.0734. The van der Waals surface area contributed by atoms with Gasteiger partial charge in [-0.3, -0.25) is 9.78 Å². The van der Waals surface area contributed by atoms with Crippen molar-refractivity contribution in [2.24, 2.45) is 0 Å². The molecule has 0 spiro atoms. The summed E-state index contributed by atoms with van der Waals surface area (Å²) in [6.07, 6.45) is 2.69. The number of rotatable bonds is 2. The Balaban J connectivity index is 2.62. The van der Waals surface area contributed by atoms with Crippen LogP contribution in [0.5, 0.6) is 0 Å². The molecule has 1 atom stereocenters. The van der Waals surface area contributed by atoms with Crippen molar-refractivity contribution in [3.8, 4) is 0 Å². The van der Waals surface area contributed by atoms with E-state index in [-0.39, 0.29) is 5.56 Å². The van der Waals surface area contributed by atoms with Gasteiger partial charge >= 0.3 is 0 Å². The average molecular weight is 202 g/mol. The van der Waals surface area contributed by atoms with Gasteiger partial charge < -0.3 is 4.98 Å². The van der Waals surface area contributed by atoms with E-state index in [0.717, 1.165) is 17.6 Å². The van der Waals surface area contributed by atoms with Crippen molar-refractivity contribution in [2.45, 2.75) is 26.2 Å². The monoisotopic (exact) mass is 202 g/mol. The Morgan fingerprint density at radius 3 is 2.93 bits per heavy atom. The topological polar surface area (TPSA) is 45.8 Å². The number of hydrogen-bond donors (Lipinski definition) is 1. The van der Waals surface area contributed by atoms with Crippen LogP contribution in [0.3, 0.4) is 0 Å². The molecule has 15 heavy (non-hydrogen) atoms. The van der Waals surface area contributed by atoms with Crippen molar-refractivity contribution < 1.29 is 0 Å². The lowest BCUT2D eigenvalue weighted by atomic mass is 10.0. The first-order valence-corrected chi connectivity index (χ1v) is 5.20. The summed E-state index contributed by atoms with van der Waals surface area (Å²) in [4.78, 5) is 18.6. The second-order valence-corrected chi connectivity index (χ2v) is 3.79. The highest BCUT2D eigenvalue weighted by Gasteiger charge is 2.06. The third-order valence-corrected chi connectivity index (χ3v) is 2.76. The number of nitrogens with zero attached hydrogens (tertiary/aromatic N) is 1. The summed E-state index contributed by atoms with van der Waals surface area (Å²) in [6, 6.07) is 5.62. The van der Waals surface area contributed by atoms with Crippen molar-refractivity contribution in [3.05, 3.63) is 40.4 Å². The lowest BCUT2D eigenvalue weighted by Crippen LogP contribution is -2.06. The molecule has 0 bridgehead atoms. The highest BCUT2D eigenvalue weighted by molar-refractivity contribution is 5.77. The molecule has 0 fully saturated rings. The van der Waals surface area contributed by atoms with Gasteiger partial charge in [0.15, 0.2) is 0 Å². The lowest BCUT2D eigenvalue weighted by molar-refractivity contribution is 0.712. The quantitative estimate of drug-likeness (QED) is 0.813. The highest BCUT2D eigenvalue weighted by Crippen LogP contribution is 2.18. The molecule has 2 rings (SSSR count). The SMILES string of the molecule is CCC(C)c1ccc2c(=O)[nH]ccc2n1. The summed E-state index contributed by atoms with van der Waals surface area (Å²) in [5.74, 6) is 0.439. The fourth-order valence-electron chi connectivity index (χ4n) is 1.57. The van der Waals surface area contributed by atoms with Crippen LogP contribution in [0.25, 0.3) is 10.9 Å². The Kier molecular flexibility index (Phi) is 2.54. The zero-order chi connectivity index (χ0) is 10.8. The second-order valence-electron chi connectivity index (χ2n) is 3.79. The van der Waals surface area contributed by atoms with E-state index in [1.807, 2.05) is 18.2 Å². The first-order chi connectivity index (χ1) is 7.22. The van der Waals surface area contributed by atoms with Crippen LogP contribution < -0.4 is 5.56 Å². The molecule has 1 N–H and O–H groups in total. The molecule has 0 aliphatic rings. The predicted molar refractivity (Wildman–Crippen MR) is 61.1 cm³/mol. The summed E-state index contributed by atoms with van der Waals surface area (Å²) in [6.45, 7) is 4.27. The second kappa shape index (κ2) is 3.85. The summed E-state index contributed by atoms with van der Waals surface area (Å²) in [5.41, 5.74) is 1.75. The summed E-state index contributed by atoms with van der Waals surface area (Å²) in [5, 5.41) is 0.657. The molecule has 3 heteroatoms. The van der Waals surface area contributed by atoms with Crippen LogP contribution in [0.4, 0.5) is 0 Å². The Labute approximate surface area is 88.2 Å². The van der Waals surface area contributed by atoms with Gasteiger partial charge in [-0.25, -0.2) is 0 Å². The maximum absolute atomic E-state index is 11.4. The van der Waals surface area contributed by atoms with Gasteiger partial charge in [0.2, 0.25) is 0 Å². The van der Waals surface area contributed by atoms with E-state index in [0.29, 0.717) is 11.3 Å². The Morgan fingerprint density at radius 1 is 1.40 bits per heavy atom. The Morgan fingerprint density at radius 2 is 2.20 bits per heavy atom. The van der Waals surface area contributed by atoms with E-state index in [9.17, 15) is 4.79 Å². The number of aromatic nitrogens is 2. The average Bonchev–Trinajstić information content (AvgIpc) is 2.28. The summed E-state index contributed by atoms with van der Waals surface area (Å²) < 4.78 is 0. The Bertz CT molecular complexity index is 530. The lowest BCUT2D eigenvalue weighted by Gasteiger charge is -2.08. The molecule has 78 valence electrons. The molecular weight excluding hydrogens is 188 g/mol. The molecule has 2 aromatic heterocycles. The standard InChI is InChI=1S/C12H14N2O/c1-3-8(2)10-5-4-9-11(14-10)6-7-13-12(9)15/h4-8H,3H2,1-2H3,(H,13,15). The molecule has 0 aliphatic heterocycles. The van der Waals surface area contributed by atoms with E-state index in [2.05, 4.69) is 23.8 Å². The van der Waals surface area contributed by atoms with Gasteiger partial charge in [-0.05, 0) is 30.5 Å². The normalized spacial score (nSPS) is 12.9. The van der Waals surface area contributed by atoms with Gasteiger partial charge in [0.1, 0.15) is 0 Å². The van der Waals surface area contributed by atoms with E-state index < -0.39 is 0 Å². The molecule has 2 aromatic rings. The maximum atomic E-state index is 11.4. The van der Waals surface area contributed by atoms with Gasteiger partial charge in [0.25, 0.3) is 5.56 Å². The number of aromatic amines is 1. The Hall–Kier alpha value is -1.64. The van der Waals surface area contributed by atoms with Crippen molar-refractivity contribution in [1.82, 2.24) is 9.97 Å². The maximum Gasteiger partial charge on any atom is 0.257 e. The molecule has 0 radical (unpaired) electrons. The van der Waals surface area contributed by atoms with Crippen molar-refractivity contribution >= 4 is 10.9 Å². The van der Waals surface area contributed by atoms with Gasteiger partial charge in [0.05, 0.1) is 10.9 Å². The van der Waals surface area contributed by atoms with Crippen LogP contribution in [0.15, 0.2) is 29.2 Å². The van der Waals surface area contributed by atoms with Crippen LogP contribution in [-0.4, -0.2) is 9.97 Å². The van der Waals surface area contributed by atoms with Crippen LogP contribution in [0.1, 0.15) is 31.9 Å². The van der Waals surface area contributed by atoms with Gasteiger partial charge in [-0.15, -0.1) is 0 Å². The third kappa shape index (κ3) is 1.77. The first kappa shape index (κ1) is 9.90. The van der Waals surface area contributed by atoms with Crippen LogP contribution in [0, 0.1) is 0 Å². The minimum absolute atomic E-state index is 0.0734. The number of pyridine rings is 2. The molecule has 1 unspecified atom stereocenters. The minimum Gasteiger partial charge on any atom is -0.328 e. The van der Waals surface area contributed by atoms with Crippen molar-refractivity contribution in [2.75, 3.05) is 0 Å². The third-order valence-electron chi connectivity index (χ3n) is 2.76. The van der Waals surface area contributed by atoms with Crippen LogP contribution in [-0.2, 0) is 0 Å². The molecule has 0 aromatic carbocycles. The van der Waals surface area contributed by atoms with E-state index >= 15 is 0 Å². The van der Waals surface area contributed by atoms with Crippen molar-refractivity contribution in [1.29, 1.82) is 0 Å². The van der Waals surface area contributed by atoms with Crippen LogP contribution in [0.2, 0.25) is 0 Å². The van der Waals surface area contributed by atoms with E-state index in [1.165, 1.54) is 0 Å². The smallest absolute Gasteiger partial charge is 0.257 e. The number of H-pyrrole nitrogens is 1. The van der Waals surface area contributed by atoms with E-state index in [4.69, 9.17) is 0 Å². The fraction of sp³-hybridized carbons (Fsp3) is 0.333. The zero-order valence-corrected chi connectivity index (χ0v) is 8.95. The molecule has 0 saturated heterocycles. The molecule has 0 saturated carbocycles. The summed E-state index contributed by atoms with van der Waals surface area (Å²) >= 11 is 0. The van der Waals surface area contributed by atoms with Gasteiger partial charge in [-0.2, -0.15) is 0 Å². The molecule has 3 nitrogen and oxygen atoms in total. The molecule has 2 heterocycles. The van der Waals surface area contributed by atoms with Crippen LogP contribution >= 0.6 is 0 Å².